The molecule has 2 aromatic rings. The molecule has 1 atom stereocenters. The van der Waals surface area contributed by atoms with Gasteiger partial charge in [0.1, 0.15) is 11.6 Å². The molecular formula is C21H23N5O2. The number of carbonyl (C=O) groups excluding carboxylic acids is 1. The third-order valence-electron chi connectivity index (χ3n) is 5.11. The molecule has 0 aromatic heterocycles. The van der Waals surface area contributed by atoms with Gasteiger partial charge in [-0.05, 0) is 41.8 Å². The van der Waals surface area contributed by atoms with Crippen molar-refractivity contribution in [2.24, 2.45) is 15.7 Å². The number of anilines is 1. The van der Waals surface area contributed by atoms with E-state index in [1.54, 1.807) is 12.1 Å². The summed E-state index contributed by atoms with van der Waals surface area (Å²) in [6.07, 6.45) is 1.32. The second kappa shape index (κ2) is 6.99. The van der Waals surface area contributed by atoms with Crippen LogP contribution in [0, 0.1) is 0 Å². The van der Waals surface area contributed by atoms with Gasteiger partial charge < -0.3 is 16.2 Å². The van der Waals surface area contributed by atoms with Crippen molar-refractivity contribution in [2.45, 2.75) is 25.3 Å². The molecule has 0 aliphatic carbocycles. The summed E-state index contributed by atoms with van der Waals surface area (Å²) in [6, 6.07) is 14.6. The Morgan fingerprint density at radius 3 is 2.79 bits per heavy atom. The molecular weight excluding hydrogens is 354 g/mol. The SMILES string of the molecule is CCC(=O)Nc1cccc(C2(c3ccc(O)cc3)N=C(N)N3CCCN=C32)c1. The van der Waals surface area contributed by atoms with Crippen LogP contribution in [0.25, 0.3) is 0 Å². The molecule has 2 aliphatic heterocycles. The Morgan fingerprint density at radius 1 is 1.25 bits per heavy atom. The molecule has 4 rings (SSSR count). The van der Waals surface area contributed by atoms with Gasteiger partial charge in [0, 0.05) is 25.2 Å². The molecule has 28 heavy (non-hydrogen) atoms. The number of nitrogens with one attached hydrogen (secondary N) is 1. The molecule has 1 amide bonds. The van der Waals surface area contributed by atoms with E-state index >= 15 is 0 Å². The number of benzene rings is 2. The average Bonchev–Trinajstić information content (AvgIpc) is 3.02. The summed E-state index contributed by atoms with van der Waals surface area (Å²) >= 11 is 0. The van der Waals surface area contributed by atoms with Crippen LogP contribution in [0.2, 0.25) is 0 Å². The third-order valence-corrected chi connectivity index (χ3v) is 5.11. The number of guanidine groups is 1. The van der Waals surface area contributed by atoms with Crippen molar-refractivity contribution < 1.29 is 9.90 Å². The molecule has 2 aliphatic rings. The maximum absolute atomic E-state index is 11.9. The molecule has 1 unspecified atom stereocenters. The number of phenolic OH excluding ortho intramolecular Hbond substituents is 1. The van der Waals surface area contributed by atoms with E-state index in [0.717, 1.165) is 29.9 Å². The highest BCUT2D eigenvalue weighted by Gasteiger charge is 2.49. The monoisotopic (exact) mass is 377 g/mol. The quantitative estimate of drug-likeness (QED) is 0.761. The number of amidine groups is 1. The van der Waals surface area contributed by atoms with Crippen LogP contribution in [0.3, 0.4) is 0 Å². The fourth-order valence-corrected chi connectivity index (χ4v) is 3.75. The summed E-state index contributed by atoms with van der Waals surface area (Å²) in [5.74, 6) is 1.33. The molecule has 2 heterocycles. The van der Waals surface area contributed by atoms with Gasteiger partial charge >= 0.3 is 0 Å². The number of nitrogens with two attached hydrogens (primary N) is 1. The Balaban J connectivity index is 1.90. The molecule has 0 saturated carbocycles. The lowest BCUT2D eigenvalue weighted by molar-refractivity contribution is -0.115. The maximum Gasteiger partial charge on any atom is 0.224 e. The Morgan fingerprint density at radius 2 is 2.04 bits per heavy atom. The van der Waals surface area contributed by atoms with E-state index < -0.39 is 5.54 Å². The Kier molecular flexibility index (Phi) is 4.50. The van der Waals surface area contributed by atoms with Crippen molar-refractivity contribution in [3.8, 4) is 5.75 Å². The van der Waals surface area contributed by atoms with Crippen molar-refractivity contribution in [3.05, 3.63) is 59.7 Å². The van der Waals surface area contributed by atoms with Crippen LogP contribution < -0.4 is 11.1 Å². The molecule has 0 fully saturated rings. The second-order valence-electron chi connectivity index (χ2n) is 6.92. The summed E-state index contributed by atoms with van der Waals surface area (Å²) < 4.78 is 0. The van der Waals surface area contributed by atoms with Gasteiger partial charge in [-0.2, -0.15) is 0 Å². The van der Waals surface area contributed by atoms with Crippen LogP contribution in [-0.4, -0.2) is 40.8 Å². The molecule has 4 N–H and O–H groups in total. The van der Waals surface area contributed by atoms with Crippen LogP contribution >= 0.6 is 0 Å². The fraction of sp³-hybridized carbons (Fsp3) is 0.286. The van der Waals surface area contributed by atoms with Crippen molar-refractivity contribution >= 4 is 23.4 Å². The van der Waals surface area contributed by atoms with Crippen LogP contribution in [0.5, 0.6) is 5.75 Å². The molecule has 0 saturated heterocycles. The average molecular weight is 377 g/mol. The molecule has 2 aromatic carbocycles. The largest absolute Gasteiger partial charge is 0.508 e. The lowest BCUT2D eigenvalue weighted by atomic mass is 9.81. The number of amides is 1. The summed E-state index contributed by atoms with van der Waals surface area (Å²) in [5, 5.41) is 12.7. The van der Waals surface area contributed by atoms with Crippen molar-refractivity contribution in [3.63, 3.8) is 0 Å². The minimum absolute atomic E-state index is 0.0538. The highest BCUT2D eigenvalue weighted by Crippen LogP contribution is 2.42. The van der Waals surface area contributed by atoms with Crippen LogP contribution in [0.1, 0.15) is 30.9 Å². The molecule has 7 nitrogen and oxygen atoms in total. The number of hydrogen-bond donors (Lipinski definition) is 3. The first-order valence-corrected chi connectivity index (χ1v) is 9.42. The number of carbonyl (C=O) groups is 1. The van der Waals surface area contributed by atoms with Gasteiger partial charge in [-0.3, -0.25) is 14.7 Å². The summed E-state index contributed by atoms with van der Waals surface area (Å²) in [6.45, 7) is 3.29. The predicted molar refractivity (Wildman–Crippen MR) is 109 cm³/mol. The van der Waals surface area contributed by atoms with E-state index in [1.165, 1.54) is 0 Å². The Labute approximate surface area is 163 Å². The number of fused-ring (bicyclic) bond motifs is 1. The fourth-order valence-electron chi connectivity index (χ4n) is 3.75. The molecule has 0 spiro atoms. The van der Waals surface area contributed by atoms with E-state index in [-0.39, 0.29) is 11.7 Å². The zero-order valence-electron chi connectivity index (χ0n) is 15.7. The van der Waals surface area contributed by atoms with Gasteiger partial charge in [-0.1, -0.05) is 31.2 Å². The number of aromatic hydroxyl groups is 1. The topological polar surface area (TPSA) is 103 Å². The molecule has 0 radical (unpaired) electrons. The van der Waals surface area contributed by atoms with E-state index in [9.17, 15) is 9.90 Å². The highest BCUT2D eigenvalue weighted by molar-refractivity contribution is 6.12. The standard InChI is InChI=1S/C21H23N5O2/c1-2-18(28)24-16-6-3-5-15(13-16)21(14-7-9-17(27)10-8-14)19-23-11-4-12-26(19)20(22)25-21/h3,5-10,13,27H,2,4,11-12H2,1H3,(H2,22,25)(H,24,28). The highest BCUT2D eigenvalue weighted by atomic mass is 16.3. The van der Waals surface area contributed by atoms with Crippen LogP contribution in [0.15, 0.2) is 58.5 Å². The number of aliphatic imine (C=N–C) groups is 2. The first-order chi connectivity index (χ1) is 13.5. The number of hydrogen-bond acceptors (Lipinski definition) is 6. The first-order valence-electron chi connectivity index (χ1n) is 9.42. The van der Waals surface area contributed by atoms with Crippen molar-refractivity contribution in [1.29, 1.82) is 0 Å². The lowest BCUT2D eigenvalue weighted by Crippen LogP contribution is -2.46. The maximum atomic E-state index is 11.9. The van der Waals surface area contributed by atoms with Crippen LogP contribution in [-0.2, 0) is 10.3 Å². The van der Waals surface area contributed by atoms with Gasteiger partial charge in [0.05, 0.1) is 0 Å². The normalized spacial score (nSPS) is 21.0. The summed E-state index contributed by atoms with van der Waals surface area (Å²) in [5.41, 5.74) is 7.79. The van der Waals surface area contributed by atoms with Gasteiger partial charge in [0.2, 0.25) is 5.91 Å². The molecule has 7 heteroatoms. The zero-order valence-corrected chi connectivity index (χ0v) is 15.7. The smallest absolute Gasteiger partial charge is 0.224 e. The molecule has 0 bridgehead atoms. The summed E-state index contributed by atoms with van der Waals surface area (Å²) in [4.78, 5) is 23.5. The van der Waals surface area contributed by atoms with E-state index in [1.807, 2.05) is 48.2 Å². The Bertz CT molecular complexity index is 967. The summed E-state index contributed by atoms with van der Waals surface area (Å²) in [7, 11) is 0. The Hall–Kier alpha value is -3.35. The zero-order chi connectivity index (χ0) is 19.7. The second-order valence-corrected chi connectivity index (χ2v) is 6.92. The van der Waals surface area contributed by atoms with Gasteiger partial charge in [0.15, 0.2) is 11.5 Å². The van der Waals surface area contributed by atoms with Gasteiger partial charge in [0.25, 0.3) is 0 Å². The van der Waals surface area contributed by atoms with Crippen LogP contribution in [0.4, 0.5) is 5.69 Å². The minimum atomic E-state index is -0.912. The number of phenols is 1. The van der Waals surface area contributed by atoms with Crippen molar-refractivity contribution in [2.75, 3.05) is 18.4 Å². The van der Waals surface area contributed by atoms with E-state index in [0.29, 0.717) is 24.6 Å². The van der Waals surface area contributed by atoms with E-state index in [4.69, 9.17) is 15.7 Å². The number of rotatable bonds is 4. The third kappa shape index (κ3) is 2.89. The number of nitrogens with zero attached hydrogens (tertiary/aromatic N) is 3. The van der Waals surface area contributed by atoms with Gasteiger partial charge in [-0.15, -0.1) is 0 Å². The first kappa shape index (κ1) is 18.0. The lowest BCUT2D eigenvalue weighted by Gasteiger charge is -2.33. The minimum Gasteiger partial charge on any atom is -0.508 e. The molecule has 144 valence electrons. The van der Waals surface area contributed by atoms with Gasteiger partial charge in [-0.25, -0.2) is 4.99 Å². The predicted octanol–water partition coefficient (Wildman–Crippen LogP) is 2.42. The van der Waals surface area contributed by atoms with E-state index in [2.05, 4.69) is 5.32 Å². The van der Waals surface area contributed by atoms with Crippen molar-refractivity contribution in [1.82, 2.24) is 4.90 Å².